The lowest BCUT2D eigenvalue weighted by molar-refractivity contribution is 0.564. The maximum Gasteiger partial charge on any atom is 0.257 e. The van der Waals surface area contributed by atoms with Gasteiger partial charge < -0.3 is 0 Å². The molecule has 6 heteroatoms. The summed E-state index contributed by atoms with van der Waals surface area (Å²) >= 11 is 0. The Morgan fingerprint density at radius 1 is 1.24 bits per heavy atom. The monoisotopic (exact) mass is 259 g/mol. The van der Waals surface area contributed by atoms with Gasteiger partial charge in [-0.3, -0.25) is 5.10 Å². The number of hydrogen-bond acceptors (Lipinski definition) is 3. The third-order valence-corrected chi connectivity index (χ3v) is 3.98. The summed E-state index contributed by atoms with van der Waals surface area (Å²) in [4.78, 5) is 0. The van der Waals surface area contributed by atoms with E-state index in [-0.39, 0.29) is 5.03 Å². The van der Waals surface area contributed by atoms with Gasteiger partial charge in [0.2, 0.25) is 0 Å². The van der Waals surface area contributed by atoms with Gasteiger partial charge in [0.1, 0.15) is 0 Å². The van der Waals surface area contributed by atoms with Crippen LogP contribution in [0.4, 0.5) is 0 Å². The molecule has 1 aromatic rings. The second-order valence-corrected chi connectivity index (χ2v) is 5.82. The Labute approximate surface area is 103 Å². The molecule has 0 bridgehead atoms. The second kappa shape index (κ2) is 7.45. The first-order valence-electron chi connectivity index (χ1n) is 6.16. The van der Waals surface area contributed by atoms with Crippen molar-refractivity contribution in [2.24, 2.45) is 0 Å². The Kier molecular flexibility index (Phi) is 6.21. The molecule has 0 amide bonds. The Bertz CT molecular complexity index is 387. The standard InChI is InChI=1S/C11H21N3O2S/c1-2-3-4-5-6-7-9-13-17(15,16)11-8-10-12-14-11/h8,10,13H,2-7,9H2,1H3,(H,12,14). The molecule has 0 saturated heterocycles. The highest BCUT2D eigenvalue weighted by atomic mass is 32.2. The van der Waals surface area contributed by atoms with Crippen molar-refractivity contribution in [2.45, 2.75) is 50.5 Å². The van der Waals surface area contributed by atoms with Crippen molar-refractivity contribution in [3.8, 4) is 0 Å². The molecule has 0 aliphatic heterocycles. The molecule has 0 unspecified atom stereocenters. The Hall–Kier alpha value is -0.880. The van der Waals surface area contributed by atoms with Crippen LogP contribution in [0.25, 0.3) is 0 Å². The van der Waals surface area contributed by atoms with Gasteiger partial charge in [0.25, 0.3) is 10.0 Å². The molecule has 0 spiro atoms. The predicted molar refractivity (Wildman–Crippen MR) is 67.2 cm³/mol. The molecular formula is C11H21N3O2S. The van der Waals surface area contributed by atoms with E-state index in [4.69, 9.17) is 0 Å². The van der Waals surface area contributed by atoms with Crippen LogP contribution in [0, 0.1) is 0 Å². The Morgan fingerprint density at radius 3 is 2.59 bits per heavy atom. The molecule has 0 radical (unpaired) electrons. The molecule has 5 nitrogen and oxygen atoms in total. The van der Waals surface area contributed by atoms with E-state index >= 15 is 0 Å². The molecule has 1 heterocycles. The lowest BCUT2D eigenvalue weighted by Gasteiger charge is -2.04. The number of H-pyrrole nitrogens is 1. The molecular weight excluding hydrogens is 238 g/mol. The van der Waals surface area contributed by atoms with Gasteiger partial charge in [0, 0.05) is 6.54 Å². The fourth-order valence-electron chi connectivity index (χ4n) is 1.58. The first-order valence-corrected chi connectivity index (χ1v) is 7.64. The average Bonchev–Trinajstić information content (AvgIpc) is 2.82. The number of nitrogens with one attached hydrogen (secondary N) is 2. The van der Waals surface area contributed by atoms with Crippen LogP contribution in [0.2, 0.25) is 0 Å². The summed E-state index contributed by atoms with van der Waals surface area (Å²) < 4.78 is 25.8. The maximum atomic E-state index is 11.6. The lowest BCUT2D eigenvalue weighted by Crippen LogP contribution is -2.25. The zero-order chi connectivity index (χ0) is 12.6. The van der Waals surface area contributed by atoms with E-state index in [2.05, 4.69) is 21.8 Å². The number of hydrogen-bond donors (Lipinski definition) is 2. The predicted octanol–water partition coefficient (Wildman–Crippen LogP) is 2.05. The molecule has 17 heavy (non-hydrogen) atoms. The summed E-state index contributed by atoms with van der Waals surface area (Å²) in [6.45, 7) is 2.67. The van der Waals surface area contributed by atoms with E-state index in [9.17, 15) is 8.42 Å². The van der Waals surface area contributed by atoms with Crippen LogP contribution >= 0.6 is 0 Å². The number of sulfonamides is 1. The van der Waals surface area contributed by atoms with Gasteiger partial charge in [-0.1, -0.05) is 39.0 Å². The van der Waals surface area contributed by atoms with Crippen LogP contribution in [0.5, 0.6) is 0 Å². The third kappa shape index (κ3) is 5.32. The number of aromatic nitrogens is 2. The van der Waals surface area contributed by atoms with Crippen molar-refractivity contribution < 1.29 is 8.42 Å². The summed E-state index contributed by atoms with van der Waals surface area (Å²) in [5.41, 5.74) is 0. The summed E-state index contributed by atoms with van der Waals surface area (Å²) in [6.07, 6.45) is 8.30. The number of unbranched alkanes of at least 4 members (excludes halogenated alkanes) is 5. The fraction of sp³-hybridized carbons (Fsp3) is 0.727. The van der Waals surface area contributed by atoms with Crippen molar-refractivity contribution >= 4 is 10.0 Å². The number of nitrogens with zero attached hydrogens (tertiary/aromatic N) is 1. The van der Waals surface area contributed by atoms with E-state index < -0.39 is 10.0 Å². The quantitative estimate of drug-likeness (QED) is 0.666. The highest BCUT2D eigenvalue weighted by Crippen LogP contribution is 2.06. The van der Waals surface area contributed by atoms with Gasteiger partial charge in [-0.05, 0) is 12.5 Å². The van der Waals surface area contributed by atoms with Gasteiger partial charge in [0.05, 0.1) is 6.20 Å². The SMILES string of the molecule is CCCCCCCCNS(=O)(=O)c1ccn[nH]1. The third-order valence-electron chi connectivity index (χ3n) is 2.59. The van der Waals surface area contributed by atoms with Crippen LogP contribution in [-0.4, -0.2) is 25.2 Å². The molecule has 0 fully saturated rings. The van der Waals surface area contributed by atoms with Crippen LogP contribution in [-0.2, 0) is 10.0 Å². The van der Waals surface area contributed by atoms with Crippen LogP contribution < -0.4 is 4.72 Å². The first kappa shape index (κ1) is 14.2. The summed E-state index contributed by atoms with van der Waals surface area (Å²) in [7, 11) is -3.38. The number of aromatic amines is 1. The maximum absolute atomic E-state index is 11.6. The Morgan fingerprint density at radius 2 is 1.94 bits per heavy atom. The number of rotatable bonds is 9. The smallest absolute Gasteiger partial charge is 0.257 e. The fourth-order valence-corrected chi connectivity index (χ4v) is 2.56. The topological polar surface area (TPSA) is 74.8 Å². The molecule has 1 rings (SSSR count). The van der Waals surface area contributed by atoms with Crippen molar-refractivity contribution in [3.63, 3.8) is 0 Å². The molecule has 98 valence electrons. The molecule has 2 N–H and O–H groups in total. The summed E-state index contributed by atoms with van der Waals surface area (Å²) in [6, 6.07) is 1.45. The van der Waals surface area contributed by atoms with E-state index in [1.54, 1.807) is 0 Å². The lowest BCUT2D eigenvalue weighted by atomic mass is 10.1. The minimum absolute atomic E-state index is 0.128. The van der Waals surface area contributed by atoms with Crippen LogP contribution in [0.1, 0.15) is 45.4 Å². The molecule has 0 atom stereocenters. The van der Waals surface area contributed by atoms with Crippen molar-refractivity contribution in [1.29, 1.82) is 0 Å². The van der Waals surface area contributed by atoms with Gasteiger partial charge >= 0.3 is 0 Å². The zero-order valence-electron chi connectivity index (χ0n) is 10.3. The first-order chi connectivity index (χ1) is 8.17. The van der Waals surface area contributed by atoms with Gasteiger partial charge in [-0.25, -0.2) is 13.1 Å². The summed E-state index contributed by atoms with van der Waals surface area (Å²) in [5.74, 6) is 0. The highest BCUT2D eigenvalue weighted by Gasteiger charge is 2.13. The minimum Gasteiger partial charge on any atom is -0.266 e. The van der Waals surface area contributed by atoms with Crippen LogP contribution in [0.3, 0.4) is 0 Å². The Balaban J connectivity index is 2.14. The normalized spacial score (nSPS) is 11.8. The van der Waals surface area contributed by atoms with Gasteiger partial charge in [-0.15, -0.1) is 0 Å². The van der Waals surface area contributed by atoms with E-state index in [1.807, 2.05) is 0 Å². The highest BCUT2D eigenvalue weighted by molar-refractivity contribution is 7.89. The molecule has 0 aromatic carbocycles. The average molecular weight is 259 g/mol. The molecule has 0 aliphatic rings. The minimum atomic E-state index is -3.38. The second-order valence-electron chi connectivity index (χ2n) is 4.09. The van der Waals surface area contributed by atoms with Crippen molar-refractivity contribution in [3.05, 3.63) is 12.3 Å². The zero-order valence-corrected chi connectivity index (χ0v) is 11.1. The molecule has 1 aromatic heterocycles. The van der Waals surface area contributed by atoms with Gasteiger partial charge in [0.15, 0.2) is 5.03 Å². The van der Waals surface area contributed by atoms with Crippen molar-refractivity contribution in [2.75, 3.05) is 6.54 Å². The largest absolute Gasteiger partial charge is 0.266 e. The van der Waals surface area contributed by atoms with E-state index in [0.717, 1.165) is 12.8 Å². The van der Waals surface area contributed by atoms with E-state index in [1.165, 1.54) is 37.9 Å². The van der Waals surface area contributed by atoms with Crippen molar-refractivity contribution in [1.82, 2.24) is 14.9 Å². The molecule has 0 aliphatic carbocycles. The van der Waals surface area contributed by atoms with Gasteiger partial charge in [-0.2, -0.15) is 5.10 Å². The van der Waals surface area contributed by atoms with Crippen LogP contribution in [0.15, 0.2) is 17.3 Å². The van der Waals surface area contributed by atoms with E-state index in [0.29, 0.717) is 6.54 Å². The summed E-state index contributed by atoms with van der Waals surface area (Å²) in [5, 5.41) is 6.20. The molecule has 0 saturated carbocycles.